The molecule has 0 fully saturated rings. The van der Waals surface area contributed by atoms with E-state index in [1.54, 1.807) is 0 Å². The zero-order chi connectivity index (χ0) is 18.1. The first-order valence-electron chi connectivity index (χ1n) is 9.06. The van der Waals surface area contributed by atoms with E-state index in [2.05, 4.69) is 84.4 Å². The van der Waals surface area contributed by atoms with Crippen molar-refractivity contribution >= 4 is 13.5 Å². The van der Waals surface area contributed by atoms with Crippen molar-refractivity contribution in [2.24, 2.45) is 0 Å². The minimum Gasteiger partial charge on any atom is -0.300 e. The molecule has 0 aliphatic carbocycles. The van der Waals surface area contributed by atoms with Crippen molar-refractivity contribution in [3.63, 3.8) is 0 Å². The summed E-state index contributed by atoms with van der Waals surface area (Å²) in [5.41, 5.74) is 5.43. The predicted molar refractivity (Wildman–Crippen MR) is 108 cm³/mol. The number of para-hydroxylation sites is 1. The van der Waals surface area contributed by atoms with Crippen LogP contribution in [-0.4, -0.2) is 19.9 Å². The van der Waals surface area contributed by atoms with Crippen LogP contribution in [0.5, 0.6) is 0 Å². The third-order valence-electron chi connectivity index (χ3n) is 4.37. The molecule has 2 aromatic rings. The molecule has 0 radical (unpaired) electrons. The third-order valence-corrected chi connectivity index (χ3v) is 7.78. The average Bonchev–Trinajstić information content (AvgIpc) is 2.91. The quantitative estimate of drug-likeness (QED) is 0.650. The molecule has 1 heterocycles. The van der Waals surface area contributed by atoms with E-state index >= 15 is 0 Å². The van der Waals surface area contributed by atoms with Crippen LogP contribution in [0.1, 0.15) is 66.5 Å². The number of aryl methyl sites for hydroxylation is 2. The van der Waals surface area contributed by atoms with Gasteiger partial charge in [0, 0.05) is 12.4 Å². The molecule has 0 N–H and O–H groups in total. The molecule has 3 heteroatoms. The van der Waals surface area contributed by atoms with E-state index in [0.717, 1.165) is 12.8 Å². The number of hydrogen-bond acceptors (Lipinski definition) is 1. The highest BCUT2D eigenvalue weighted by Crippen LogP contribution is 2.58. The SMILES string of the molecule is CCc1cccc(CC)c1-n1ccnc1P(C(C)(C)C)C(C)(C)C. The first kappa shape index (κ1) is 19.2. The summed E-state index contributed by atoms with van der Waals surface area (Å²) < 4.78 is 2.39. The van der Waals surface area contributed by atoms with Gasteiger partial charge in [0.15, 0.2) is 0 Å². The molecule has 2 rings (SSSR count). The van der Waals surface area contributed by atoms with Gasteiger partial charge in [-0.3, -0.25) is 4.57 Å². The molecule has 0 atom stereocenters. The molecule has 24 heavy (non-hydrogen) atoms. The fraction of sp³-hybridized carbons (Fsp3) is 0.571. The monoisotopic (exact) mass is 344 g/mol. The Balaban J connectivity index is 2.72. The number of imidazole rings is 1. The predicted octanol–water partition coefficient (Wildman–Crippen LogP) is 5.70. The lowest BCUT2D eigenvalue weighted by Crippen LogP contribution is -2.35. The molecule has 0 aliphatic rings. The molecular formula is C21H33N2P. The van der Waals surface area contributed by atoms with Crippen molar-refractivity contribution in [2.75, 3.05) is 0 Å². The maximum absolute atomic E-state index is 4.87. The summed E-state index contributed by atoms with van der Waals surface area (Å²) in [5, 5.41) is 0.425. The van der Waals surface area contributed by atoms with Crippen LogP contribution >= 0.6 is 7.92 Å². The minimum absolute atomic E-state index is 0.213. The number of benzene rings is 1. The van der Waals surface area contributed by atoms with E-state index in [-0.39, 0.29) is 10.3 Å². The average molecular weight is 344 g/mol. The van der Waals surface area contributed by atoms with Gasteiger partial charge in [-0.2, -0.15) is 0 Å². The zero-order valence-corrected chi connectivity index (χ0v) is 17.5. The summed E-state index contributed by atoms with van der Waals surface area (Å²) in [5.74, 6) is 0. The highest BCUT2D eigenvalue weighted by molar-refractivity contribution is 7.68. The van der Waals surface area contributed by atoms with E-state index in [1.807, 2.05) is 6.20 Å². The molecular weight excluding hydrogens is 311 g/mol. The number of rotatable bonds is 4. The van der Waals surface area contributed by atoms with Gasteiger partial charge in [0.25, 0.3) is 0 Å². The fourth-order valence-electron chi connectivity index (χ4n) is 3.77. The smallest absolute Gasteiger partial charge is 0.136 e. The Labute approximate surface area is 149 Å². The zero-order valence-electron chi connectivity index (χ0n) is 16.6. The second-order valence-electron chi connectivity index (χ2n) is 8.41. The molecule has 0 unspecified atom stereocenters. The molecule has 0 aliphatic heterocycles. The Morgan fingerprint density at radius 1 is 0.917 bits per heavy atom. The summed E-state index contributed by atoms with van der Waals surface area (Å²) >= 11 is 0. The van der Waals surface area contributed by atoms with Crippen LogP contribution in [0.4, 0.5) is 0 Å². The lowest BCUT2D eigenvalue weighted by Gasteiger charge is -2.41. The van der Waals surface area contributed by atoms with Gasteiger partial charge in [0.2, 0.25) is 0 Å². The Morgan fingerprint density at radius 2 is 1.42 bits per heavy atom. The summed E-state index contributed by atoms with van der Waals surface area (Å²) in [6, 6.07) is 6.71. The van der Waals surface area contributed by atoms with Crippen LogP contribution in [0.3, 0.4) is 0 Å². The van der Waals surface area contributed by atoms with Gasteiger partial charge in [-0.05, 0) is 42.2 Å². The van der Waals surface area contributed by atoms with Crippen molar-refractivity contribution in [1.29, 1.82) is 0 Å². The Kier molecular flexibility index (Phi) is 5.60. The molecule has 1 aromatic carbocycles. The van der Waals surface area contributed by atoms with Gasteiger partial charge in [0.1, 0.15) is 5.57 Å². The second-order valence-corrected chi connectivity index (χ2v) is 12.2. The highest BCUT2D eigenvalue weighted by atomic mass is 31.1. The number of nitrogens with zero attached hydrogens (tertiary/aromatic N) is 2. The third kappa shape index (κ3) is 3.75. The van der Waals surface area contributed by atoms with Crippen LogP contribution in [0.25, 0.3) is 5.69 Å². The topological polar surface area (TPSA) is 17.8 Å². The lowest BCUT2D eigenvalue weighted by atomic mass is 10.0. The summed E-state index contributed by atoms with van der Waals surface area (Å²) in [6.07, 6.45) is 6.23. The maximum Gasteiger partial charge on any atom is 0.136 e. The summed E-state index contributed by atoms with van der Waals surface area (Å²) in [4.78, 5) is 4.87. The molecule has 0 amide bonds. The Bertz CT molecular complexity index is 650. The van der Waals surface area contributed by atoms with E-state index in [9.17, 15) is 0 Å². The fourth-order valence-corrected chi connectivity index (χ4v) is 7.54. The minimum atomic E-state index is -0.428. The summed E-state index contributed by atoms with van der Waals surface area (Å²) in [6.45, 7) is 18.6. The first-order chi connectivity index (χ1) is 11.1. The van der Waals surface area contributed by atoms with Gasteiger partial charge < -0.3 is 0 Å². The molecule has 0 saturated heterocycles. The van der Waals surface area contributed by atoms with Gasteiger partial charge in [0.05, 0.1) is 5.69 Å². The standard InChI is InChI=1S/C21H33N2P/c1-9-16-12-11-13-17(10-2)18(16)23-15-14-22-19(23)24(20(3,4)5)21(6,7)8/h11-15H,9-10H2,1-8H3. The van der Waals surface area contributed by atoms with E-state index in [0.29, 0.717) is 0 Å². The largest absolute Gasteiger partial charge is 0.300 e. The Hall–Kier alpha value is -1.14. The highest BCUT2D eigenvalue weighted by Gasteiger charge is 2.39. The second kappa shape index (κ2) is 7.00. The van der Waals surface area contributed by atoms with Crippen LogP contribution in [0, 0.1) is 0 Å². The number of hydrogen-bond donors (Lipinski definition) is 0. The molecule has 132 valence electrons. The Morgan fingerprint density at radius 3 is 1.83 bits per heavy atom. The normalized spacial score (nSPS) is 12.9. The van der Waals surface area contributed by atoms with Crippen molar-refractivity contribution in [1.82, 2.24) is 9.55 Å². The van der Waals surface area contributed by atoms with Gasteiger partial charge in [-0.25, -0.2) is 4.98 Å². The van der Waals surface area contributed by atoms with Crippen LogP contribution in [0.2, 0.25) is 0 Å². The van der Waals surface area contributed by atoms with Gasteiger partial charge in [-0.1, -0.05) is 73.6 Å². The van der Waals surface area contributed by atoms with Crippen molar-refractivity contribution in [3.8, 4) is 5.69 Å². The molecule has 0 saturated carbocycles. The van der Waals surface area contributed by atoms with Crippen molar-refractivity contribution in [2.45, 2.75) is 78.5 Å². The van der Waals surface area contributed by atoms with Crippen LogP contribution in [-0.2, 0) is 12.8 Å². The lowest BCUT2D eigenvalue weighted by molar-refractivity contribution is 0.711. The summed E-state index contributed by atoms with van der Waals surface area (Å²) in [7, 11) is -0.428. The van der Waals surface area contributed by atoms with E-state index in [4.69, 9.17) is 4.98 Å². The van der Waals surface area contributed by atoms with Crippen LogP contribution in [0.15, 0.2) is 30.6 Å². The van der Waals surface area contributed by atoms with E-state index in [1.165, 1.54) is 22.4 Å². The van der Waals surface area contributed by atoms with Gasteiger partial charge in [-0.15, -0.1) is 0 Å². The maximum atomic E-state index is 4.87. The van der Waals surface area contributed by atoms with Crippen molar-refractivity contribution < 1.29 is 0 Å². The van der Waals surface area contributed by atoms with Gasteiger partial charge >= 0.3 is 0 Å². The molecule has 1 aromatic heterocycles. The van der Waals surface area contributed by atoms with E-state index < -0.39 is 7.92 Å². The molecule has 0 bridgehead atoms. The molecule has 2 nitrogen and oxygen atoms in total. The van der Waals surface area contributed by atoms with Crippen molar-refractivity contribution in [3.05, 3.63) is 41.7 Å². The number of aromatic nitrogens is 2. The van der Waals surface area contributed by atoms with Crippen LogP contribution < -0.4 is 5.57 Å². The molecule has 0 spiro atoms. The first-order valence-corrected chi connectivity index (χ1v) is 10.4.